The second-order valence-electron chi connectivity index (χ2n) is 4.07. The fraction of sp³-hybridized carbons (Fsp3) is 0.900. The summed E-state index contributed by atoms with van der Waals surface area (Å²) >= 11 is 0. The van der Waals surface area contributed by atoms with Gasteiger partial charge in [-0.2, -0.15) is 0 Å². The number of carbonyl (C=O) groups is 1. The van der Waals surface area contributed by atoms with E-state index >= 15 is 0 Å². The van der Waals surface area contributed by atoms with Crippen LogP contribution >= 0.6 is 0 Å². The van der Waals surface area contributed by atoms with Crippen molar-refractivity contribution in [3.05, 3.63) is 0 Å². The first-order valence-corrected chi connectivity index (χ1v) is 5.25. The van der Waals surface area contributed by atoms with Gasteiger partial charge < -0.3 is 15.2 Å². The number of nitrogens with one attached hydrogen (secondary N) is 1. The molecular formula is C10H20N2O3. The topological polar surface area (TPSA) is 61.8 Å². The van der Waals surface area contributed by atoms with Crippen molar-refractivity contribution in [3.63, 3.8) is 0 Å². The molecule has 2 unspecified atom stereocenters. The van der Waals surface area contributed by atoms with E-state index < -0.39 is 11.5 Å². The molecule has 5 heteroatoms. The molecule has 0 aromatic carbocycles. The fourth-order valence-electron chi connectivity index (χ4n) is 1.93. The Balaban J connectivity index is 2.83. The van der Waals surface area contributed by atoms with Crippen LogP contribution in [0, 0.1) is 0 Å². The van der Waals surface area contributed by atoms with E-state index in [1.807, 2.05) is 4.90 Å². The van der Waals surface area contributed by atoms with Crippen molar-refractivity contribution in [3.8, 4) is 0 Å². The lowest BCUT2D eigenvalue weighted by atomic mass is 9.92. The van der Waals surface area contributed by atoms with Crippen LogP contribution in [0.15, 0.2) is 0 Å². The average Bonchev–Trinajstić information content (AvgIpc) is 2.27. The van der Waals surface area contributed by atoms with Gasteiger partial charge >= 0.3 is 5.97 Å². The van der Waals surface area contributed by atoms with Gasteiger partial charge in [0.1, 0.15) is 5.54 Å². The number of piperazine rings is 1. The van der Waals surface area contributed by atoms with Crippen LogP contribution in [0.4, 0.5) is 0 Å². The lowest BCUT2D eigenvalue weighted by Crippen LogP contribution is -2.63. The summed E-state index contributed by atoms with van der Waals surface area (Å²) in [6.07, 6.45) is -0.326. The Hall–Kier alpha value is -0.650. The van der Waals surface area contributed by atoms with Crippen molar-refractivity contribution in [2.45, 2.75) is 25.5 Å². The molecule has 1 aliphatic rings. The Labute approximate surface area is 90.4 Å². The Bertz CT molecular complexity index is 229. The lowest BCUT2D eigenvalue weighted by Gasteiger charge is -2.43. The molecule has 88 valence electrons. The second-order valence-corrected chi connectivity index (χ2v) is 4.07. The Morgan fingerprint density at radius 2 is 2.07 bits per heavy atom. The number of ether oxygens (including phenoxy) is 1. The zero-order chi connectivity index (χ0) is 11.5. The SMILES string of the molecule is COC(C)C(C)(C(=O)O)N1CCNCC1. The molecule has 1 aliphatic heterocycles. The summed E-state index contributed by atoms with van der Waals surface area (Å²) in [6, 6.07) is 0. The maximum atomic E-state index is 11.4. The molecule has 0 radical (unpaired) electrons. The van der Waals surface area contributed by atoms with E-state index in [-0.39, 0.29) is 6.10 Å². The summed E-state index contributed by atoms with van der Waals surface area (Å²) in [4.78, 5) is 13.4. The maximum Gasteiger partial charge on any atom is 0.326 e. The molecule has 1 saturated heterocycles. The van der Waals surface area contributed by atoms with Crippen molar-refractivity contribution in [2.24, 2.45) is 0 Å². The number of carboxylic acids is 1. The number of rotatable bonds is 4. The zero-order valence-electron chi connectivity index (χ0n) is 9.62. The van der Waals surface area contributed by atoms with Crippen molar-refractivity contribution >= 4 is 5.97 Å². The molecule has 1 fully saturated rings. The van der Waals surface area contributed by atoms with Crippen LogP contribution in [-0.4, -0.2) is 60.9 Å². The minimum absolute atomic E-state index is 0.326. The highest BCUT2D eigenvalue weighted by Crippen LogP contribution is 2.22. The summed E-state index contributed by atoms with van der Waals surface area (Å²) < 4.78 is 5.19. The highest BCUT2D eigenvalue weighted by molar-refractivity contribution is 5.79. The minimum Gasteiger partial charge on any atom is -0.480 e. The predicted octanol–water partition coefficient (Wildman–Crippen LogP) is -0.230. The van der Waals surface area contributed by atoms with Gasteiger partial charge in [0.25, 0.3) is 0 Å². The molecule has 0 spiro atoms. The number of methoxy groups -OCH3 is 1. The van der Waals surface area contributed by atoms with Crippen molar-refractivity contribution in [2.75, 3.05) is 33.3 Å². The van der Waals surface area contributed by atoms with Crippen LogP contribution in [0.2, 0.25) is 0 Å². The first-order chi connectivity index (χ1) is 7.03. The van der Waals surface area contributed by atoms with Gasteiger partial charge in [0, 0.05) is 33.3 Å². The number of hydrogen-bond acceptors (Lipinski definition) is 4. The number of aliphatic carboxylic acids is 1. The summed E-state index contributed by atoms with van der Waals surface area (Å²) in [5.74, 6) is -0.821. The number of carboxylic acid groups (broad SMARTS) is 1. The van der Waals surface area contributed by atoms with Gasteiger partial charge in [0.05, 0.1) is 6.10 Å². The molecule has 0 saturated carbocycles. The van der Waals surface area contributed by atoms with Crippen LogP contribution in [0.25, 0.3) is 0 Å². The number of nitrogens with zero attached hydrogens (tertiary/aromatic N) is 1. The molecule has 1 heterocycles. The van der Waals surface area contributed by atoms with Crippen LogP contribution < -0.4 is 5.32 Å². The lowest BCUT2D eigenvalue weighted by molar-refractivity contribution is -0.160. The third-order valence-corrected chi connectivity index (χ3v) is 3.35. The molecule has 2 N–H and O–H groups in total. The predicted molar refractivity (Wildman–Crippen MR) is 57.0 cm³/mol. The van der Waals surface area contributed by atoms with Gasteiger partial charge in [-0.3, -0.25) is 9.69 Å². The molecule has 15 heavy (non-hydrogen) atoms. The molecule has 0 bridgehead atoms. The standard InChI is InChI=1S/C10H20N2O3/c1-8(15-3)10(2,9(13)14)12-6-4-11-5-7-12/h8,11H,4-7H2,1-3H3,(H,13,14). The van der Waals surface area contributed by atoms with E-state index in [9.17, 15) is 9.90 Å². The van der Waals surface area contributed by atoms with E-state index in [2.05, 4.69) is 5.32 Å². The van der Waals surface area contributed by atoms with Crippen molar-refractivity contribution < 1.29 is 14.6 Å². The largest absolute Gasteiger partial charge is 0.480 e. The van der Waals surface area contributed by atoms with Crippen molar-refractivity contribution in [1.82, 2.24) is 10.2 Å². The van der Waals surface area contributed by atoms with E-state index in [1.54, 1.807) is 21.0 Å². The molecule has 5 nitrogen and oxygen atoms in total. The first kappa shape index (κ1) is 12.4. The third kappa shape index (κ3) is 2.30. The monoisotopic (exact) mass is 216 g/mol. The van der Waals surface area contributed by atoms with Gasteiger partial charge in [-0.25, -0.2) is 0 Å². The van der Waals surface area contributed by atoms with Crippen LogP contribution in [0.5, 0.6) is 0 Å². The van der Waals surface area contributed by atoms with Crippen LogP contribution in [0.3, 0.4) is 0 Å². The molecule has 0 aliphatic carbocycles. The highest BCUT2D eigenvalue weighted by Gasteiger charge is 2.45. The molecular weight excluding hydrogens is 196 g/mol. The molecule has 1 rings (SSSR count). The van der Waals surface area contributed by atoms with Crippen LogP contribution in [0.1, 0.15) is 13.8 Å². The molecule has 0 aromatic heterocycles. The highest BCUT2D eigenvalue weighted by atomic mass is 16.5. The quantitative estimate of drug-likeness (QED) is 0.679. The summed E-state index contributed by atoms with van der Waals surface area (Å²) in [5.41, 5.74) is -0.934. The molecule has 0 aromatic rings. The molecule has 0 amide bonds. The van der Waals surface area contributed by atoms with E-state index in [4.69, 9.17) is 4.74 Å². The van der Waals surface area contributed by atoms with Gasteiger partial charge in [-0.05, 0) is 13.8 Å². The van der Waals surface area contributed by atoms with Gasteiger partial charge in [-0.15, -0.1) is 0 Å². The van der Waals surface area contributed by atoms with Crippen molar-refractivity contribution in [1.29, 1.82) is 0 Å². The van der Waals surface area contributed by atoms with E-state index in [0.717, 1.165) is 26.2 Å². The Morgan fingerprint density at radius 3 is 2.47 bits per heavy atom. The third-order valence-electron chi connectivity index (χ3n) is 3.35. The minimum atomic E-state index is -0.934. The fourth-order valence-corrected chi connectivity index (χ4v) is 1.93. The number of hydrogen-bond donors (Lipinski definition) is 2. The Morgan fingerprint density at radius 1 is 1.53 bits per heavy atom. The van der Waals surface area contributed by atoms with E-state index in [1.165, 1.54) is 0 Å². The zero-order valence-corrected chi connectivity index (χ0v) is 9.62. The maximum absolute atomic E-state index is 11.4. The summed E-state index contributed by atoms with van der Waals surface area (Å²) in [7, 11) is 1.55. The molecule has 2 atom stereocenters. The average molecular weight is 216 g/mol. The summed E-state index contributed by atoms with van der Waals surface area (Å²) in [6.45, 7) is 6.69. The smallest absolute Gasteiger partial charge is 0.326 e. The van der Waals surface area contributed by atoms with Gasteiger partial charge in [0.15, 0.2) is 0 Å². The second kappa shape index (κ2) is 4.92. The van der Waals surface area contributed by atoms with E-state index in [0.29, 0.717) is 0 Å². The Kier molecular flexibility index (Phi) is 4.07. The van der Waals surface area contributed by atoms with Crippen LogP contribution in [-0.2, 0) is 9.53 Å². The van der Waals surface area contributed by atoms with Gasteiger partial charge in [0.2, 0.25) is 0 Å². The normalized spacial score (nSPS) is 24.5. The first-order valence-electron chi connectivity index (χ1n) is 5.25. The summed E-state index contributed by atoms with van der Waals surface area (Å²) in [5, 5.41) is 12.6. The van der Waals surface area contributed by atoms with Gasteiger partial charge in [-0.1, -0.05) is 0 Å².